The highest BCUT2D eigenvalue weighted by molar-refractivity contribution is 9.11. The van der Waals surface area contributed by atoms with Crippen LogP contribution in [0.4, 0.5) is 0 Å². The zero-order chi connectivity index (χ0) is 14.8. The standard InChI is InChI=1S/C18H12Br2O/c19-16-9-15(10-17(20)11-16)18(21)8-12-5-6-13-3-1-2-4-14(13)7-12/h1-7,9-11H,8H2. The Bertz CT molecular complexity index is 804. The molecule has 0 spiro atoms. The van der Waals surface area contributed by atoms with Gasteiger partial charge in [-0.1, -0.05) is 74.3 Å². The SMILES string of the molecule is O=C(Cc1ccc2ccccc2c1)c1cc(Br)cc(Br)c1. The molecule has 0 N–H and O–H groups in total. The summed E-state index contributed by atoms with van der Waals surface area (Å²) in [4.78, 5) is 12.4. The van der Waals surface area contributed by atoms with E-state index in [0.29, 0.717) is 12.0 Å². The van der Waals surface area contributed by atoms with Crippen LogP contribution in [0.25, 0.3) is 10.8 Å². The van der Waals surface area contributed by atoms with Crippen molar-refractivity contribution in [1.82, 2.24) is 0 Å². The third-order valence-electron chi connectivity index (χ3n) is 3.36. The number of Topliss-reactive ketones (excluding diaryl/α,β-unsaturated/α-hetero) is 1. The van der Waals surface area contributed by atoms with Gasteiger partial charge in [0.2, 0.25) is 0 Å². The van der Waals surface area contributed by atoms with Gasteiger partial charge in [-0.05, 0) is 34.5 Å². The topological polar surface area (TPSA) is 17.1 Å². The normalized spacial score (nSPS) is 10.8. The van der Waals surface area contributed by atoms with E-state index in [1.54, 1.807) is 0 Å². The molecule has 1 nitrogen and oxygen atoms in total. The van der Waals surface area contributed by atoms with Crippen LogP contribution in [0.15, 0.2) is 69.6 Å². The molecule has 3 aromatic rings. The third kappa shape index (κ3) is 3.42. The van der Waals surface area contributed by atoms with Gasteiger partial charge in [-0.3, -0.25) is 4.79 Å². The summed E-state index contributed by atoms with van der Waals surface area (Å²) in [5, 5.41) is 2.36. The summed E-state index contributed by atoms with van der Waals surface area (Å²) >= 11 is 6.83. The van der Waals surface area contributed by atoms with Crippen molar-refractivity contribution in [2.24, 2.45) is 0 Å². The first kappa shape index (κ1) is 14.5. The molecule has 0 amide bonds. The number of ketones is 1. The number of halogens is 2. The summed E-state index contributed by atoms with van der Waals surface area (Å²) < 4.78 is 1.80. The average molecular weight is 404 g/mol. The minimum absolute atomic E-state index is 0.118. The molecule has 0 atom stereocenters. The Morgan fingerprint density at radius 1 is 0.810 bits per heavy atom. The molecule has 0 heterocycles. The molecule has 0 aliphatic carbocycles. The Hall–Kier alpha value is -1.45. The molecule has 0 fully saturated rings. The highest BCUT2D eigenvalue weighted by Gasteiger charge is 2.09. The second-order valence-electron chi connectivity index (χ2n) is 4.94. The van der Waals surface area contributed by atoms with Crippen LogP contribution in [0.1, 0.15) is 15.9 Å². The monoisotopic (exact) mass is 402 g/mol. The van der Waals surface area contributed by atoms with Gasteiger partial charge in [-0.15, -0.1) is 0 Å². The fourth-order valence-corrected chi connectivity index (χ4v) is 3.64. The van der Waals surface area contributed by atoms with Crippen molar-refractivity contribution in [3.8, 4) is 0 Å². The lowest BCUT2D eigenvalue weighted by Gasteiger charge is -2.05. The van der Waals surface area contributed by atoms with Gasteiger partial charge in [-0.25, -0.2) is 0 Å². The number of hydrogen-bond acceptors (Lipinski definition) is 1. The molecule has 0 aromatic heterocycles. The molecule has 0 unspecified atom stereocenters. The van der Waals surface area contributed by atoms with E-state index in [4.69, 9.17) is 0 Å². The molecular weight excluding hydrogens is 392 g/mol. The number of rotatable bonds is 3. The Labute approximate surface area is 140 Å². The van der Waals surface area contributed by atoms with E-state index in [-0.39, 0.29) is 5.78 Å². The molecule has 0 saturated heterocycles. The zero-order valence-electron chi connectivity index (χ0n) is 11.1. The summed E-state index contributed by atoms with van der Waals surface area (Å²) in [7, 11) is 0. The van der Waals surface area contributed by atoms with E-state index in [1.165, 1.54) is 10.8 Å². The van der Waals surface area contributed by atoms with Crippen molar-refractivity contribution in [1.29, 1.82) is 0 Å². The van der Waals surface area contributed by atoms with Crippen LogP contribution >= 0.6 is 31.9 Å². The van der Waals surface area contributed by atoms with Crippen molar-refractivity contribution in [2.45, 2.75) is 6.42 Å². The van der Waals surface area contributed by atoms with Crippen LogP contribution in [-0.4, -0.2) is 5.78 Å². The fourth-order valence-electron chi connectivity index (χ4n) is 2.35. The molecule has 21 heavy (non-hydrogen) atoms. The zero-order valence-corrected chi connectivity index (χ0v) is 14.3. The van der Waals surface area contributed by atoms with E-state index in [2.05, 4.69) is 56.1 Å². The van der Waals surface area contributed by atoms with E-state index in [1.807, 2.05) is 36.4 Å². The Morgan fingerprint density at radius 3 is 2.19 bits per heavy atom. The molecule has 0 radical (unpaired) electrons. The van der Waals surface area contributed by atoms with Gasteiger partial charge in [0.25, 0.3) is 0 Å². The molecule has 0 aliphatic heterocycles. The molecule has 0 bridgehead atoms. The molecule has 3 aromatic carbocycles. The second kappa shape index (κ2) is 6.12. The van der Waals surface area contributed by atoms with Gasteiger partial charge >= 0.3 is 0 Å². The van der Waals surface area contributed by atoms with Crippen molar-refractivity contribution in [3.05, 3.63) is 80.7 Å². The molecular formula is C18H12Br2O. The summed E-state index contributed by atoms with van der Waals surface area (Å²) in [6, 6.07) is 20.0. The van der Waals surface area contributed by atoms with Crippen LogP contribution in [0.2, 0.25) is 0 Å². The number of carbonyl (C=O) groups excluding carboxylic acids is 1. The lowest BCUT2D eigenvalue weighted by Crippen LogP contribution is -2.03. The first-order valence-corrected chi connectivity index (χ1v) is 8.17. The third-order valence-corrected chi connectivity index (χ3v) is 4.28. The van der Waals surface area contributed by atoms with Gasteiger partial charge in [0, 0.05) is 20.9 Å². The first-order valence-electron chi connectivity index (χ1n) is 6.59. The van der Waals surface area contributed by atoms with E-state index in [9.17, 15) is 4.79 Å². The number of fused-ring (bicyclic) bond motifs is 1. The van der Waals surface area contributed by atoms with E-state index < -0.39 is 0 Å². The minimum Gasteiger partial charge on any atom is -0.294 e. The minimum atomic E-state index is 0.118. The summed E-state index contributed by atoms with van der Waals surface area (Å²) in [5.41, 5.74) is 1.75. The maximum Gasteiger partial charge on any atom is 0.167 e. The quantitative estimate of drug-likeness (QED) is 0.505. The maximum atomic E-state index is 12.4. The second-order valence-corrected chi connectivity index (χ2v) is 6.77. The predicted molar refractivity (Wildman–Crippen MR) is 93.8 cm³/mol. The lowest BCUT2D eigenvalue weighted by molar-refractivity contribution is 0.0993. The highest BCUT2D eigenvalue weighted by atomic mass is 79.9. The van der Waals surface area contributed by atoms with Crippen LogP contribution < -0.4 is 0 Å². The van der Waals surface area contributed by atoms with Gasteiger partial charge in [0.15, 0.2) is 5.78 Å². The van der Waals surface area contributed by atoms with E-state index in [0.717, 1.165) is 14.5 Å². The largest absolute Gasteiger partial charge is 0.294 e. The van der Waals surface area contributed by atoms with E-state index >= 15 is 0 Å². The van der Waals surface area contributed by atoms with Crippen molar-refractivity contribution in [2.75, 3.05) is 0 Å². The average Bonchev–Trinajstić information content (AvgIpc) is 2.46. The predicted octanol–water partition coefficient (Wildman–Crippen LogP) is 5.79. The molecule has 0 saturated carbocycles. The van der Waals surface area contributed by atoms with Gasteiger partial charge in [0.1, 0.15) is 0 Å². The molecule has 104 valence electrons. The molecule has 3 rings (SSSR count). The number of hydrogen-bond donors (Lipinski definition) is 0. The fraction of sp³-hybridized carbons (Fsp3) is 0.0556. The Morgan fingerprint density at radius 2 is 1.48 bits per heavy atom. The lowest BCUT2D eigenvalue weighted by atomic mass is 10.0. The molecule has 0 aliphatic rings. The smallest absolute Gasteiger partial charge is 0.167 e. The maximum absolute atomic E-state index is 12.4. The van der Waals surface area contributed by atoms with Crippen molar-refractivity contribution in [3.63, 3.8) is 0 Å². The molecule has 3 heteroatoms. The Balaban J connectivity index is 1.88. The Kier molecular flexibility index (Phi) is 4.22. The number of benzene rings is 3. The van der Waals surface area contributed by atoms with Crippen molar-refractivity contribution < 1.29 is 4.79 Å². The van der Waals surface area contributed by atoms with Gasteiger partial charge < -0.3 is 0 Å². The summed E-state index contributed by atoms with van der Waals surface area (Å²) in [6.45, 7) is 0. The highest BCUT2D eigenvalue weighted by Crippen LogP contribution is 2.22. The first-order chi connectivity index (χ1) is 10.1. The van der Waals surface area contributed by atoms with Crippen LogP contribution in [0, 0.1) is 0 Å². The summed E-state index contributed by atoms with van der Waals surface area (Å²) in [5.74, 6) is 0.118. The summed E-state index contributed by atoms with van der Waals surface area (Å²) in [6.07, 6.45) is 0.410. The van der Waals surface area contributed by atoms with Crippen molar-refractivity contribution >= 4 is 48.4 Å². The van der Waals surface area contributed by atoms with Crippen LogP contribution in [0.5, 0.6) is 0 Å². The number of carbonyl (C=O) groups is 1. The van der Waals surface area contributed by atoms with Gasteiger partial charge in [0.05, 0.1) is 0 Å². The van der Waals surface area contributed by atoms with Crippen LogP contribution in [-0.2, 0) is 6.42 Å². The van der Waals surface area contributed by atoms with Crippen LogP contribution in [0.3, 0.4) is 0 Å². The van der Waals surface area contributed by atoms with Gasteiger partial charge in [-0.2, -0.15) is 0 Å².